The smallest absolute Gasteiger partial charge is 0.336 e. The van der Waals surface area contributed by atoms with Gasteiger partial charge < -0.3 is 14.2 Å². The molecule has 0 saturated heterocycles. The summed E-state index contributed by atoms with van der Waals surface area (Å²) in [4.78, 5) is 22.4. The summed E-state index contributed by atoms with van der Waals surface area (Å²) >= 11 is 0. The summed E-state index contributed by atoms with van der Waals surface area (Å²) in [5.74, 6) is 0.141. The van der Waals surface area contributed by atoms with Crippen LogP contribution in [0.5, 0.6) is 17.2 Å². The maximum absolute atomic E-state index is 11.6. The van der Waals surface area contributed by atoms with Crippen LogP contribution < -0.4 is 14.2 Å². The van der Waals surface area contributed by atoms with Crippen LogP contribution in [0.3, 0.4) is 0 Å². The minimum atomic E-state index is -0.532. The van der Waals surface area contributed by atoms with Gasteiger partial charge in [-0.15, -0.1) is 0 Å². The first-order chi connectivity index (χ1) is 9.01. The molecule has 0 spiro atoms. The minimum absolute atomic E-state index is 0.151. The van der Waals surface area contributed by atoms with E-state index in [-0.39, 0.29) is 17.2 Å². The van der Waals surface area contributed by atoms with E-state index in [0.717, 1.165) is 5.57 Å². The fraction of sp³-hybridized carbons (Fsp3) is 0.286. The number of ether oxygens (including phenoxy) is 3. The van der Waals surface area contributed by atoms with Crippen LogP contribution in [-0.2, 0) is 4.79 Å². The third-order valence-electron chi connectivity index (χ3n) is 2.23. The standard InChI is InChI=1S/C14H16O5/c1-9(2)5-13(16)19-14-11(17-3)6-10(8-15)7-12(14)18-4/h5-8H,1-4H3. The Labute approximate surface area is 111 Å². The van der Waals surface area contributed by atoms with Crippen molar-refractivity contribution in [2.24, 2.45) is 0 Å². The molecule has 0 aromatic heterocycles. The van der Waals surface area contributed by atoms with Gasteiger partial charge in [0.2, 0.25) is 5.75 Å². The molecule has 0 atom stereocenters. The highest BCUT2D eigenvalue weighted by Gasteiger charge is 2.16. The number of rotatable bonds is 5. The summed E-state index contributed by atoms with van der Waals surface area (Å²) in [5, 5.41) is 0. The van der Waals surface area contributed by atoms with Gasteiger partial charge in [-0.2, -0.15) is 0 Å². The monoisotopic (exact) mass is 264 g/mol. The van der Waals surface area contributed by atoms with E-state index in [2.05, 4.69) is 0 Å². The first-order valence-electron chi connectivity index (χ1n) is 5.59. The van der Waals surface area contributed by atoms with E-state index < -0.39 is 5.97 Å². The van der Waals surface area contributed by atoms with Crippen molar-refractivity contribution in [3.8, 4) is 17.2 Å². The van der Waals surface area contributed by atoms with Gasteiger partial charge in [0.05, 0.1) is 14.2 Å². The molecule has 0 aliphatic carbocycles. The summed E-state index contributed by atoms with van der Waals surface area (Å²) in [7, 11) is 2.84. The Kier molecular flexibility index (Phi) is 5.11. The van der Waals surface area contributed by atoms with E-state index in [1.54, 1.807) is 13.8 Å². The minimum Gasteiger partial charge on any atom is -0.493 e. The van der Waals surface area contributed by atoms with E-state index in [4.69, 9.17) is 14.2 Å². The van der Waals surface area contributed by atoms with Crippen molar-refractivity contribution in [3.05, 3.63) is 29.3 Å². The average Bonchev–Trinajstić information content (AvgIpc) is 2.37. The van der Waals surface area contributed by atoms with Gasteiger partial charge in [0, 0.05) is 11.6 Å². The van der Waals surface area contributed by atoms with Gasteiger partial charge >= 0.3 is 5.97 Å². The Balaban J connectivity index is 3.21. The average molecular weight is 264 g/mol. The van der Waals surface area contributed by atoms with Crippen molar-refractivity contribution in [2.75, 3.05) is 14.2 Å². The first-order valence-corrected chi connectivity index (χ1v) is 5.59. The Morgan fingerprint density at radius 1 is 1.11 bits per heavy atom. The molecule has 0 heterocycles. The van der Waals surface area contributed by atoms with Crippen LogP contribution in [0.1, 0.15) is 24.2 Å². The molecule has 0 saturated carbocycles. The topological polar surface area (TPSA) is 61.8 Å². The number of aldehydes is 1. The lowest BCUT2D eigenvalue weighted by molar-refractivity contribution is -0.129. The van der Waals surface area contributed by atoms with Gasteiger partial charge in [-0.25, -0.2) is 4.79 Å². The van der Waals surface area contributed by atoms with Crippen LogP contribution in [0, 0.1) is 0 Å². The van der Waals surface area contributed by atoms with Gasteiger partial charge in [0.1, 0.15) is 6.29 Å². The molecule has 0 aliphatic heterocycles. The second-order valence-corrected chi connectivity index (χ2v) is 4.02. The molecule has 0 bridgehead atoms. The molecular weight excluding hydrogens is 248 g/mol. The predicted octanol–water partition coefficient (Wildman–Crippen LogP) is 2.39. The van der Waals surface area contributed by atoms with Crippen LogP contribution in [0.2, 0.25) is 0 Å². The fourth-order valence-electron chi connectivity index (χ4n) is 1.43. The Hall–Kier alpha value is -2.30. The Morgan fingerprint density at radius 3 is 2.00 bits per heavy atom. The quantitative estimate of drug-likeness (QED) is 0.353. The summed E-state index contributed by atoms with van der Waals surface area (Å²) in [5.41, 5.74) is 1.18. The first kappa shape index (κ1) is 14.8. The number of hydrogen-bond donors (Lipinski definition) is 0. The fourth-order valence-corrected chi connectivity index (χ4v) is 1.43. The van der Waals surface area contributed by atoms with Gasteiger partial charge in [0.25, 0.3) is 0 Å². The van der Waals surface area contributed by atoms with Crippen molar-refractivity contribution in [1.82, 2.24) is 0 Å². The zero-order chi connectivity index (χ0) is 14.4. The highest BCUT2D eigenvalue weighted by molar-refractivity contribution is 5.86. The SMILES string of the molecule is COc1cc(C=O)cc(OC)c1OC(=O)C=C(C)C. The molecule has 5 heteroatoms. The zero-order valence-electron chi connectivity index (χ0n) is 11.4. The molecule has 0 radical (unpaired) electrons. The molecule has 0 unspecified atom stereocenters. The van der Waals surface area contributed by atoms with Gasteiger partial charge in [-0.05, 0) is 26.0 Å². The largest absolute Gasteiger partial charge is 0.493 e. The van der Waals surface area contributed by atoms with Crippen LogP contribution in [0.4, 0.5) is 0 Å². The highest BCUT2D eigenvalue weighted by atomic mass is 16.6. The lowest BCUT2D eigenvalue weighted by Gasteiger charge is -2.13. The second-order valence-electron chi connectivity index (χ2n) is 4.02. The van der Waals surface area contributed by atoms with E-state index in [1.165, 1.54) is 32.4 Å². The molecule has 0 N–H and O–H groups in total. The summed E-state index contributed by atoms with van der Waals surface area (Å²) in [6.07, 6.45) is 2.01. The van der Waals surface area contributed by atoms with E-state index in [9.17, 15) is 9.59 Å². The van der Waals surface area contributed by atoms with Gasteiger partial charge in [-0.3, -0.25) is 4.79 Å². The maximum Gasteiger partial charge on any atom is 0.336 e. The zero-order valence-corrected chi connectivity index (χ0v) is 11.4. The number of methoxy groups -OCH3 is 2. The van der Waals surface area contributed by atoms with Crippen LogP contribution >= 0.6 is 0 Å². The molecule has 1 rings (SSSR count). The Bertz CT molecular complexity index is 488. The summed E-state index contributed by atoms with van der Waals surface area (Å²) < 4.78 is 15.4. The van der Waals surface area contributed by atoms with Crippen LogP contribution in [0.25, 0.3) is 0 Å². The van der Waals surface area contributed by atoms with Crippen molar-refractivity contribution in [2.45, 2.75) is 13.8 Å². The van der Waals surface area contributed by atoms with E-state index in [1.807, 2.05) is 0 Å². The maximum atomic E-state index is 11.6. The number of allylic oxidation sites excluding steroid dienone is 1. The third-order valence-corrected chi connectivity index (χ3v) is 2.23. The van der Waals surface area contributed by atoms with Crippen LogP contribution in [-0.4, -0.2) is 26.5 Å². The van der Waals surface area contributed by atoms with E-state index in [0.29, 0.717) is 11.8 Å². The number of benzene rings is 1. The summed E-state index contributed by atoms with van der Waals surface area (Å²) in [6.45, 7) is 3.57. The molecule has 1 aromatic carbocycles. The molecule has 0 amide bonds. The van der Waals surface area contributed by atoms with Crippen molar-refractivity contribution >= 4 is 12.3 Å². The lowest BCUT2D eigenvalue weighted by atomic mass is 10.2. The number of esters is 1. The molecule has 19 heavy (non-hydrogen) atoms. The highest BCUT2D eigenvalue weighted by Crippen LogP contribution is 2.38. The molecule has 0 fully saturated rings. The van der Waals surface area contributed by atoms with Crippen molar-refractivity contribution in [1.29, 1.82) is 0 Å². The van der Waals surface area contributed by atoms with Gasteiger partial charge in [-0.1, -0.05) is 5.57 Å². The lowest BCUT2D eigenvalue weighted by Crippen LogP contribution is -2.07. The number of hydrogen-bond acceptors (Lipinski definition) is 5. The third kappa shape index (κ3) is 3.84. The normalized spacial score (nSPS) is 9.47. The molecular formula is C14H16O5. The van der Waals surface area contributed by atoms with Crippen LogP contribution in [0.15, 0.2) is 23.8 Å². The van der Waals surface area contributed by atoms with Crippen molar-refractivity contribution < 1.29 is 23.8 Å². The molecule has 102 valence electrons. The molecule has 5 nitrogen and oxygen atoms in total. The number of carbonyl (C=O) groups is 2. The van der Waals surface area contributed by atoms with Crippen molar-refractivity contribution in [3.63, 3.8) is 0 Å². The molecule has 0 aliphatic rings. The Morgan fingerprint density at radius 2 is 1.63 bits per heavy atom. The predicted molar refractivity (Wildman–Crippen MR) is 70.0 cm³/mol. The second kappa shape index (κ2) is 6.58. The van der Waals surface area contributed by atoms with E-state index >= 15 is 0 Å². The molecule has 1 aromatic rings. The number of carbonyl (C=O) groups excluding carboxylic acids is 2. The summed E-state index contributed by atoms with van der Waals surface area (Å²) in [6, 6.07) is 2.95. The van der Waals surface area contributed by atoms with Gasteiger partial charge in [0.15, 0.2) is 11.5 Å².